The number of piperidine rings is 1. The second kappa shape index (κ2) is 11.6. The van der Waals surface area contributed by atoms with Gasteiger partial charge >= 0.3 is 0 Å². The van der Waals surface area contributed by atoms with E-state index in [1.807, 2.05) is 12.1 Å². The van der Waals surface area contributed by atoms with E-state index in [0.29, 0.717) is 12.5 Å². The van der Waals surface area contributed by atoms with Crippen molar-refractivity contribution < 1.29 is 9.47 Å². The second-order valence-corrected chi connectivity index (χ2v) is 8.16. The predicted octanol–water partition coefficient (Wildman–Crippen LogP) is 5.59. The van der Waals surface area contributed by atoms with Crippen LogP contribution in [0.25, 0.3) is 5.57 Å². The first-order chi connectivity index (χ1) is 15.8. The zero-order valence-corrected chi connectivity index (χ0v) is 18.9. The van der Waals surface area contributed by atoms with Crippen LogP contribution in [0.4, 0.5) is 0 Å². The Morgan fingerprint density at radius 3 is 2.19 bits per heavy atom. The summed E-state index contributed by atoms with van der Waals surface area (Å²) in [5.41, 5.74) is 6.73. The number of likely N-dealkylation sites (tertiary alicyclic amines) is 1. The van der Waals surface area contributed by atoms with Crippen molar-refractivity contribution in [2.75, 3.05) is 33.4 Å². The summed E-state index contributed by atoms with van der Waals surface area (Å²) in [6.45, 7) is 4.67. The summed E-state index contributed by atoms with van der Waals surface area (Å²) in [7, 11) is 1.63. The minimum absolute atomic E-state index is 0.600. The highest BCUT2D eigenvalue weighted by Crippen LogP contribution is 2.32. The largest absolute Gasteiger partial charge is 0.481 e. The van der Waals surface area contributed by atoms with Crippen molar-refractivity contribution in [1.29, 1.82) is 0 Å². The van der Waals surface area contributed by atoms with Crippen molar-refractivity contribution in [2.24, 2.45) is 0 Å². The minimum Gasteiger partial charge on any atom is -0.481 e. The van der Waals surface area contributed by atoms with Crippen molar-refractivity contribution in [1.82, 2.24) is 9.88 Å². The van der Waals surface area contributed by atoms with E-state index < -0.39 is 0 Å². The molecule has 1 aliphatic rings. The summed E-state index contributed by atoms with van der Waals surface area (Å²) >= 11 is 0. The molecule has 2 heterocycles. The predicted molar refractivity (Wildman–Crippen MR) is 130 cm³/mol. The van der Waals surface area contributed by atoms with Crippen LogP contribution in [0, 0.1) is 0 Å². The van der Waals surface area contributed by atoms with Gasteiger partial charge in [0.1, 0.15) is 0 Å². The number of hydrogen-bond acceptors (Lipinski definition) is 4. The molecule has 1 fully saturated rings. The van der Waals surface area contributed by atoms with Crippen LogP contribution < -0.4 is 4.74 Å². The summed E-state index contributed by atoms with van der Waals surface area (Å²) in [6, 6.07) is 25.6. The van der Waals surface area contributed by atoms with E-state index in [2.05, 4.69) is 70.5 Å². The molecule has 0 bridgehead atoms. The average Bonchev–Trinajstić information content (AvgIpc) is 2.86. The molecular weight excluding hydrogens is 396 g/mol. The molecule has 1 aliphatic heterocycles. The third-order valence-corrected chi connectivity index (χ3v) is 5.98. The number of ether oxygens (including phenoxy) is 2. The number of hydrogen-bond donors (Lipinski definition) is 0. The molecule has 4 nitrogen and oxygen atoms in total. The van der Waals surface area contributed by atoms with Crippen molar-refractivity contribution in [3.05, 3.63) is 101 Å². The molecule has 2 aromatic carbocycles. The van der Waals surface area contributed by atoms with Crippen molar-refractivity contribution in [2.45, 2.75) is 25.9 Å². The zero-order chi connectivity index (χ0) is 22.0. The number of nitrogens with zero attached hydrogens (tertiary/aromatic N) is 2. The lowest BCUT2D eigenvalue weighted by Gasteiger charge is -2.30. The Morgan fingerprint density at radius 2 is 1.56 bits per heavy atom. The molecule has 4 heteroatoms. The van der Waals surface area contributed by atoms with Crippen LogP contribution in [0.3, 0.4) is 0 Å². The van der Waals surface area contributed by atoms with Crippen molar-refractivity contribution in [3.8, 4) is 5.88 Å². The molecule has 166 valence electrons. The van der Waals surface area contributed by atoms with E-state index in [1.165, 1.54) is 16.7 Å². The fourth-order valence-corrected chi connectivity index (χ4v) is 4.31. The van der Waals surface area contributed by atoms with Gasteiger partial charge in [-0.25, -0.2) is 4.98 Å². The van der Waals surface area contributed by atoms with Gasteiger partial charge < -0.3 is 14.4 Å². The monoisotopic (exact) mass is 428 g/mol. The molecule has 3 aromatic rings. The third kappa shape index (κ3) is 6.06. The molecule has 0 amide bonds. The Bertz CT molecular complexity index is 951. The first kappa shape index (κ1) is 22.3. The third-order valence-electron chi connectivity index (χ3n) is 5.98. The van der Waals surface area contributed by atoms with E-state index in [-0.39, 0.29) is 0 Å². The van der Waals surface area contributed by atoms with Gasteiger partial charge in [-0.2, -0.15) is 0 Å². The van der Waals surface area contributed by atoms with Gasteiger partial charge in [0, 0.05) is 38.5 Å². The van der Waals surface area contributed by atoms with Crippen LogP contribution in [0.2, 0.25) is 0 Å². The van der Waals surface area contributed by atoms with Gasteiger partial charge in [-0.15, -0.1) is 0 Å². The van der Waals surface area contributed by atoms with Crippen molar-refractivity contribution in [3.63, 3.8) is 0 Å². The van der Waals surface area contributed by atoms with Gasteiger partial charge in [0.05, 0.1) is 13.7 Å². The van der Waals surface area contributed by atoms with Gasteiger partial charge in [-0.1, -0.05) is 66.2 Å². The minimum atomic E-state index is 0.600. The molecule has 0 unspecified atom stereocenters. The maximum atomic E-state index is 5.87. The van der Waals surface area contributed by atoms with Gasteiger partial charge in [0.2, 0.25) is 5.88 Å². The lowest BCUT2D eigenvalue weighted by atomic mass is 9.88. The Kier molecular flexibility index (Phi) is 8.07. The fraction of sp³-hybridized carbons (Fsp3) is 0.321. The van der Waals surface area contributed by atoms with Crippen LogP contribution in [-0.4, -0.2) is 43.2 Å². The number of methoxy groups -OCH3 is 1. The number of pyridine rings is 1. The quantitative estimate of drug-likeness (QED) is 0.416. The Labute approximate surface area is 191 Å². The first-order valence-corrected chi connectivity index (χ1v) is 11.5. The van der Waals surface area contributed by atoms with Crippen LogP contribution in [0.5, 0.6) is 5.88 Å². The lowest BCUT2D eigenvalue weighted by molar-refractivity contribution is 0.107. The number of aromatic nitrogens is 1. The standard InChI is InChI=1S/C28H32N2O2/c1-31-27-21-23(13-16-29-27)22-32-20-8-17-30-18-14-26(15-19-30)28(24-9-4-2-5-10-24)25-11-6-3-7-12-25/h2-7,9-13,16,21H,8,14-15,17-20,22H2,1H3. The van der Waals surface area contributed by atoms with Crippen molar-refractivity contribution >= 4 is 5.57 Å². The Balaban J connectivity index is 1.28. The molecule has 0 N–H and O–H groups in total. The number of rotatable bonds is 9. The van der Waals surface area contributed by atoms with Gasteiger partial charge in [-0.05, 0) is 47.6 Å². The highest BCUT2D eigenvalue weighted by molar-refractivity contribution is 5.82. The second-order valence-electron chi connectivity index (χ2n) is 8.16. The van der Waals surface area contributed by atoms with Crippen LogP contribution in [0.1, 0.15) is 36.0 Å². The Hall–Kier alpha value is -2.95. The summed E-state index contributed by atoms with van der Waals surface area (Å²) < 4.78 is 11.0. The molecule has 0 atom stereocenters. The average molecular weight is 429 g/mol. The fourth-order valence-electron chi connectivity index (χ4n) is 4.31. The van der Waals surface area contributed by atoms with Crippen LogP contribution >= 0.6 is 0 Å². The molecule has 0 spiro atoms. The summed E-state index contributed by atoms with van der Waals surface area (Å²) in [5, 5.41) is 0. The van der Waals surface area contributed by atoms with Crippen LogP contribution in [0.15, 0.2) is 84.6 Å². The molecule has 4 rings (SSSR count). The van der Waals surface area contributed by atoms with E-state index in [1.54, 1.807) is 18.9 Å². The maximum absolute atomic E-state index is 5.87. The molecular formula is C28H32N2O2. The molecule has 0 aliphatic carbocycles. The lowest BCUT2D eigenvalue weighted by Crippen LogP contribution is -2.32. The summed E-state index contributed by atoms with van der Waals surface area (Å²) in [4.78, 5) is 6.70. The normalized spacial score (nSPS) is 14.3. The first-order valence-electron chi connectivity index (χ1n) is 11.5. The van der Waals surface area contributed by atoms with Gasteiger partial charge in [-0.3, -0.25) is 0 Å². The molecule has 32 heavy (non-hydrogen) atoms. The number of benzene rings is 2. The highest BCUT2D eigenvalue weighted by atomic mass is 16.5. The molecule has 1 aromatic heterocycles. The van der Waals surface area contributed by atoms with E-state index in [9.17, 15) is 0 Å². The highest BCUT2D eigenvalue weighted by Gasteiger charge is 2.18. The zero-order valence-electron chi connectivity index (χ0n) is 18.9. The molecule has 0 radical (unpaired) electrons. The smallest absolute Gasteiger partial charge is 0.213 e. The maximum Gasteiger partial charge on any atom is 0.213 e. The molecule has 0 saturated carbocycles. The van der Waals surface area contributed by atoms with E-state index >= 15 is 0 Å². The molecule has 1 saturated heterocycles. The van der Waals surface area contributed by atoms with Crippen LogP contribution in [-0.2, 0) is 11.3 Å². The Morgan fingerprint density at radius 1 is 0.906 bits per heavy atom. The van der Waals surface area contributed by atoms with Gasteiger partial charge in [0.25, 0.3) is 0 Å². The van der Waals surface area contributed by atoms with E-state index in [0.717, 1.165) is 51.1 Å². The SMILES string of the molecule is COc1cc(COCCCN2CCC(=C(c3ccccc3)c3ccccc3)CC2)ccn1. The summed E-state index contributed by atoms with van der Waals surface area (Å²) in [6.07, 6.45) is 5.05. The topological polar surface area (TPSA) is 34.6 Å². The van der Waals surface area contributed by atoms with E-state index in [4.69, 9.17) is 9.47 Å². The summed E-state index contributed by atoms with van der Waals surface area (Å²) in [5.74, 6) is 0.633. The van der Waals surface area contributed by atoms with Gasteiger partial charge in [0.15, 0.2) is 0 Å².